The minimum atomic E-state index is 0.619. The van der Waals surface area contributed by atoms with Crippen LogP contribution < -0.4 is 5.32 Å². The first-order valence-corrected chi connectivity index (χ1v) is 5.38. The van der Waals surface area contributed by atoms with Crippen LogP contribution in [0, 0.1) is 0 Å². The molecule has 1 aliphatic rings. The third-order valence-corrected chi connectivity index (χ3v) is 2.94. The van der Waals surface area contributed by atoms with Crippen LogP contribution in [-0.2, 0) is 0 Å². The molecular formula is C10H23N3. The number of nitrogens with zero attached hydrogens (tertiary/aromatic N) is 2. The molecule has 0 aromatic heterocycles. The Labute approximate surface area is 82.1 Å². The maximum atomic E-state index is 3.28. The monoisotopic (exact) mass is 185 g/mol. The van der Waals surface area contributed by atoms with Gasteiger partial charge in [-0.15, -0.1) is 0 Å². The van der Waals surface area contributed by atoms with Gasteiger partial charge in [0.15, 0.2) is 0 Å². The zero-order valence-corrected chi connectivity index (χ0v) is 9.21. The molecule has 1 atom stereocenters. The van der Waals surface area contributed by atoms with Crippen LogP contribution in [0.15, 0.2) is 0 Å². The van der Waals surface area contributed by atoms with E-state index in [-0.39, 0.29) is 0 Å². The maximum absolute atomic E-state index is 3.28. The van der Waals surface area contributed by atoms with E-state index in [4.69, 9.17) is 0 Å². The van der Waals surface area contributed by atoms with Crippen molar-refractivity contribution in [2.75, 3.05) is 46.3 Å². The van der Waals surface area contributed by atoms with Gasteiger partial charge in [-0.25, -0.2) is 0 Å². The highest BCUT2D eigenvalue weighted by molar-refractivity contribution is 4.73. The fourth-order valence-electron chi connectivity index (χ4n) is 1.77. The smallest absolute Gasteiger partial charge is 0.0163 e. The average Bonchev–Trinajstić information content (AvgIpc) is 2.19. The van der Waals surface area contributed by atoms with Crippen LogP contribution in [0.3, 0.4) is 0 Å². The molecule has 3 heteroatoms. The van der Waals surface area contributed by atoms with Crippen molar-refractivity contribution in [1.82, 2.24) is 15.1 Å². The summed E-state index contributed by atoms with van der Waals surface area (Å²) >= 11 is 0. The summed E-state index contributed by atoms with van der Waals surface area (Å²) in [6, 6.07) is 0.619. The molecule has 0 bridgehead atoms. The Kier molecular flexibility index (Phi) is 4.70. The molecule has 3 nitrogen and oxygen atoms in total. The highest BCUT2D eigenvalue weighted by atomic mass is 15.3. The van der Waals surface area contributed by atoms with Gasteiger partial charge in [0.05, 0.1) is 0 Å². The molecule has 0 aromatic carbocycles. The topological polar surface area (TPSA) is 18.5 Å². The highest BCUT2D eigenvalue weighted by Crippen LogP contribution is 2.01. The number of hydrogen-bond donors (Lipinski definition) is 1. The van der Waals surface area contributed by atoms with Crippen molar-refractivity contribution in [2.24, 2.45) is 0 Å². The van der Waals surface area contributed by atoms with E-state index in [1.54, 1.807) is 0 Å². The number of piperazine rings is 1. The Morgan fingerprint density at radius 1 is 1.15 bits per heavy atom. The van der Waals surface area contributed by atoms with Crippen molar-refractivity contribution in [3.8, 4) is 0 Å². The molecule has 0 radical (unpaired) electrons. The molecule has 1 aliphatic heterocycles. The van der Waals surface area contributed by atoms with Crippen molar-refractivity contribution in [3.63, 3.8) is 0 Å². The second kappa shape index (κ2) is 5.58. The molecule has 0 spiro atoms. The van der Waals surface area contributed by atoms with Crippen molar-refractivity contribution in [1.29, 1.82) is 0 Å². The lowest BCUT2D eigenvalue weighted by Gasteiger charge is -2.35. The number of likely N-dealkylation sites (N-methyl/N-ethyl adjacent to an activating group) is 2. The van der Waals surface area contributed by atoms with E-state index in [9.17, 15) is 0 Å². The molecule has 0 aliphatic carbocycles. The lowest BCUT2D eigenvalue weighted by molar-refractivity contribution is 0.130. The summed E-state index contributed by atoms with van der Waals surface area (Å²) < 4.78 is 0. The van der Waals surface area contributed by atoms with Crippen LogP contribution in [-0.4, -0.2) is 62.2 Å². The first-order chi connectivity index (χ1) is 6.26. The van der Waals surface area contributed by atoms with Gasteiger partial charge in [0.25, 0.3) is 0 Å². The van der Waals surface area contributed by atoms with Gasteiger partial charge in [-0.05, 0) is 20.5 Å². The average molecular weight is 185 g/mol. The molecular weight excluding hydrogens is 162 g/mol. The number of hydrogen-bond acceptors (Lipinski definition) is 3. The summed E-state index contributed by atoms with van der Waals surface area (Å²) in [4.78, 5) is 5.06. The molecule has 0 aromatic rings. The molecule has 1 rings (SSSR count). The van der Waals surface area contributed by atoms with E-state index < -0.39 is 0 Å². The summed E-state index contributed by atoms with van der Waals surface area (Å²) in [5.74, 6) is 0. The van der Waals surface area contributed by atoms with Gasteiger partial charge in [0.1, 0.15) is 0 Å². The Morgan fingerprint density at radius 2 is 1.69 bits per heavy atom. The molecule has 1 saturated heterocycles. The zero-order chi connectivity index (χ0) is 9.68. The van der Waals surface area contributed by atoms with E-state index in [0.717, 1.165) is 0 Å². The maximum Gasteiger partial charge on any atom is 0.0163 e. The molecule has 1 unspecified atom stereocenters. The van der Waals surface area contributed by atoms with Crippen LogP contribution in [0.1, 0.15) is 13.8 Å². The quantitative estimate of drug-likeness (QED) is 0.676. The minimum Gasteiger partial charge on any atom is -0.316 e. The van der Waals surface area contributed by atoms with Gasteiger partial charge >= 0.3 is 0 Å². The fraction of sp³-hybridized carbons (Fsp3) is 1.00. The minimum absolute atomic E-state index is 0.619. The summed E-state index contributed by atoms with van der Waals surface area (Å²) in [5, 5.41) is 3.28. The SMILES string of the molecule is CCN1CCN(CC(C)NC)CC1. The van der Waals surface area contributed by atoms with Gasteiger partial charge < -0.3 is 10.2 Å². The predicted octanol–water partition coefficient (Wildman–Crippen LogP) is 0.232. The van der Waals surface area contributed by atoms with Gasteiger partial charge in [-0.2, -0.15) is 0 Å². The second-order valence-electron chi connectivity index (χ2n) is 3.92. The van der Waals surface area contributed by atoms with Crippen LogP contribution in [0.5, 0.6) is 0 Å². The van der Waals surface area contributed by atoms with Crippen molar-refractivity contribution in [2.45, 2.75) is 19.9 Å². The van der Waals surface area contributed by atoms with Crippen molar-refractivity contribution < 1.29 is 0 Å². The number of rotatable bonds is 4. The second-order valence-corrected chi connectivity index (χ2v) is 3.92. The van der Waals surface area contributed by atoms with Gasteiger partial charge in [0, 0.05) is 38.8 Å². The first kappa shape index (κ1) is 11.0. The Balaban J connectivity index is 2.17. The lowest BCUT2D eigenvalue weighted by Crippen LogP contribution is -2.49. The lowest BCUT2D eigenvalue weighted by atomic mass is 10.2. The van der Waals surface area contributed by atoms with Gasteiger partial charge in [-0.1, -0.05) is 6.92 Å². The summed E-state index contributed by atoms with van der Waals surface area (Å²) in [6.07, 6.45) is 0. The normalized spacial score (nSPS) is 23.3. The summed E-state index contributed by atoms with van der Waals surface area (Å²) in [6.45, 7) is 11.8. The Bertz CT molecular complexity index is 130. The third kappa shape index (κ3) is 3.63. The summed E-state index contributed by atoms with van der Waals surface area (Å²) in [7, 11) is 2.03. The van der Waals surface area contributed by atoms with Crippen molar-refractivity contribution in [3.05, 3.63) is 0 Å². The molecule has 13 heavy (non-hydrogen) atoms. The molecule has 1 heterocycles. The molecule has 0 saturated carbocycles. The van der Waals surface area contributed by atoms with E-state index in [0.29, 0.717) is 6.04 Å². The molecule has 0 amide bonds. The van der Waals surface area contributed by atoms with Crippen LogP contribution in [0.2, 0.25) is 0 Å². The molecule has 1 fully saturated rings. The first-order valence-electron chi connectivity index (χ1n) is 5.38. The molecule has 1 N–H and O–H groups in total. The van der Waals surface area contributed by atoms with E-state index in [1.807, 2.05) is 7.05 Å². The van der Waals surface area contributed by atoms with Crippen molar-refractivity contribution >= 4 is 0 Å². The van der Waals surface area contributed by atoms with Gasteiger partial charge in [-0.3, -0.25) is 4.90 Å². The zero-order valence-electron chi connectivity index (χ0n) is 9.21. The third-order valence-electron chi connectivity index (χ3n) is 2.94. The highest BCUT2D eigenvalue weighted by Gasteiger charge is 2.16. The Hall–Kier alpha value is -0.120. The Morgan fingerprint density at radius 3 is 2.15 bits per heavy atom. The van der Waals surface area contributed by atoms with Crippen LogP contribution in [0.25, 0.3) is 0 Å². The predicted molar refractivity (Wildman–Crippen MR) is 57.1 cm³/mol. The largest absolute Gasteiger partial charge is 0.316 e. The van der Waals surface area contributed by atoms with E-state index in [1.165, 1.54) is 39.3 Å². The van der Waals surface area contributed by atoms with Gasteiger partial charge in [0.2, 0.25) is 0 Å². The fourth-order valence-corrected chi connectivity index (χ4v) is 1.77. The standard InChI is InChI=1S/C10H23N3/c1-4-12-5-7-13(8-6-12)9-10(2)11-3/h10-11H,4-9H2,1-3H3. The van der Waals surface area contributed by atoms with Crippen LogP contribution in [0.4, 0.5) is 0 Å². The van der Waals surface area contributed by atoms with Crippen LogP contribution >= 0.6 is 0 Å². The number of nitrogens with one attached hydrogen (secondary N) is 1. The summed E-state index contributed by atoms with van der Waals surface area (Å²) in [5.41, 5.74) is 0. The van der Waals surface area contributed by atoms with E-state index >= 15 is 0 Å². The molecule has 78 valence electrons. The van der Waals surface area contributed by atoms with E-state index in [2.05, 4.69) is 29.0 Å².